The molecule has 0 atom stereocenters. The molecule has 0 unspecified atom stereocenters. The number of aromatic nitrogens is 1. The fourth-order valence-corrected chi connectivity index (χ4v) is 3.91. The van der Waals surface area contributed by atoms with Crippen LogP contribution in [-0.4, -0.2) is 23.4 Å². The summed E-state index contributed by atoms with van der Waals surface area (Å²) in [7, 11) is 0. The van der Waals surface area contributed by atoms with Gasteiger partial charge in [0.1, 0.15) is 0 Å². The Labute approximate surface area is 77.1 Å². The molecule has 62 valence electrons. The molecule has 0 spiro atoms. The molecule has 0 fully saturated rings. The van der Waals surface area contributed by atoms with Gasteiger partial charge in [-0.05, 0) is 0 Å². The monoisotopic (exact) mass is 268 g/mol. The van der Waals surface area contributed by atoms with E-state index in [1.54, 1.807) is 6.20 Å². The van der Waals surface area contributed by atoms with E-state index in [1.807, 2.05) is 12.3 Å². The summed E-state index contributed by atoms with van der Waals surface area (Å²) in [6.45, 7) is 0. The maximum absolute atomic E-state index is 8.66. The third kappa shape index (κ3) is 2.21. The number of pyridine rings is 1. The van der Waals surface area contributed by atoms with Crippen molar-refractivity contribution in [2.75, 3.05) is 0 Å². The van der Waals surface area contributed by atoms with Crippen LogP contribution in [-0.2, 0) is 0 Å². The number of nitriles is 1. The topological polar surface area (TPSA) is 36.7 Å². The Morgan fingerprint density at radius 1 is 1.33 bits per heavy atom. The van der Waals surface area contributed by atoms with Gasteiger partial charge in [0.15, 0.2) is 0 Å². The van der Waals surface area contributed by atoms with Crippen LogP contribution in [0.2, 0.25) is 14.8 Å². The van der Waals surface area contributed by atoms with Crippen molar-refractivity contribution in [1.82, 2.24) is 4.98 Å². The molecule has 0 saturated heterocycles. The Morgan fingerprint density at radius 2 is 2.00 bits per heavy atom. The predicted molar refractivity (Wildman–Crippen MR) is 51.9 cm³/mol. The Balaban J connectivity index is 3.13. The molecule has 1 heterocycles. The molecule has 0 aromatic carbocycles. The Bertz CT molecular complexity index is 320. The summed E-state index contributed by atoms with van der Waals surface area (Å²) in [4.78, 5) is 11.0. The molecular formula is C9H12N2Sn. The molecule has 1 rings (SSSR count). The van der Waals surface area contributed by atoms with Crippen LogP contribution >= 0.6 is 0 Å². The van der Waals surface area contributed by atoms with E-state index in [9.17, 15) is 0 Å². The van der Waals surface area contributed by atoms with Gasteiger partial charge in [-0.25, -0.2) is 0 Å². The van der Waals surface area contributed by atoms with E-state index in [1.165, 1.54) is 3.58 Å². The quantitative estimate of drug-likeness (QED) is 0.723. The fraction of sp³-hybridized carbons (Fsp3) is 0.333. The van der Waals surface area contributed by atoms with E-state index in [4.69, 9.17) is 5.26 Å². The molecule has 0 aliphatic heterocycles. The molecule has 0 saturated carbocycles. The van der Waals surface area contributed by atoms with Gasteiger partial charge in [0.05, 0.1) is 0 Å². The molecule has 0 radical (unpaired) electrons. The summed E-state index contributed by atoms with van der Waals surface area (Å²) >= 11 is -1.99. The molecule has 1 aromatic heterocycles. The summed E-state index contributed by atoms with van der Waals surface area (Å²) in [6, 6.07) is 4.09. The second-order valence-electron chi connectivity index (χ2n) is 3.82. The van der Waals surface area contributed by atoms with Crippen LogP contribution in [0.4, 0.5) is 0 Å². The fourth-order valence-electron chi connectivity index (χ4n) is 0.911. The summed E-state index contributed by atoms with van der Waals surface area (Å²) in [5.41, 5.74) is 0.680. The van der Waals surface area contributed by atoms with Gasteiger partial charge in [0, 0.05) is 0 Å². The molecular weight excluding hydrogens is 255 g/mol. The van der Waals surface area contributed by atoms with Crippen LogP contribution in [0.15, 0.2) is 18.5 Å². The second-order valence-corrected chi connectivity index (χ2v) is 18.3. The maximum atomic E-state index is 8.66. The van der Waals surface area contributed by atoms with E-state index in [0.717, 1.165) is 0 Å². The van der Waals surface area contributed by atoms with Crippen LogP contribution < -0.4 is 3.58 Å². The van der Waals surface area contributed by atoms with Crippen molar-refractivity contribution < 1.29 is 0 Å². The third-order valence-electron chi connectivity index (χ3n) is 1.73. The van der Waals surface area contributed by atoms with Crippen LogP contribution in [0.3, 0.4) is 0 Å². The van der Waals surface area contributed by atoms with Gasteiger partial charge in [-0.15, -0.1) is 0 Å². The first-order valence-electron chi connectivity index (χ1n) is 3.89. The summed E-state index contributed by atoms with van der Waals surface area (Å²) in [6.07, 6.45) is 3.51. The van der Waals surface area contributed by atoms with E-state index in [0.29, 0.717) is 5.56 Å². The number of nitrogens with zero attached hydrogens (tertiary/aromatic N) is 2. The van der Waals surface area contributed by atoms with Gasteiger partial charge in [-0.3, -0.25) is 0 Å². The molecule has 0 aliphatic rings. The minimum atomic E-state index is -1.99. The van der Waals surface area contributed by atoms with Crippen molar-refractivity contribution in [2.24, 2.45) is 0 Å². The van der Waals surface area contributed by atoms with E-state index >= 15 is 0 Å². The van der Waals surface area contributed by atoms with E-state index in [-0.39, 0.29) is 0 Å². The van der Waals surface area contributed by atoms with Crippen LogP contribution in [0.25, 0.3) is 0 Å². The molecule has 3 heteroatoms. The van der Waals surface area contributed by atoms with Crippen LogP contribution in [0, 0.1) is 11.3 Å². The van der Waals surface area contributed by atoms with Crippen molar-refractivity contribution in [1.29, 1.82) is 5.26 Å². The summed E-state index contributed by atoms with van der Waals surface area (Å²) in [5.74, 6) is 0. The molecule has 2 nitrogen and oxygen atoms in total. The second kappa shape index (κ2) is 3.44. The number of hydrogen-bond acceptors (Lipinski definition) is 2. The molecule has 0 amide bonds. The third-order valence-corrected chi connectivity index (χ3v) is 7.46. The van der Waals surface area contributed by atoms with Gasteiger partial charge >= 0.3 is 77.1 Å². The molecule has 0 bridgehead atoms. The van der Waals surface area contributed by atoms with Crippen molar-refractivity contribution in [3.63, 3.8) is 0 Å². The number of rotatable bonds is 1. The van der Waals surface area contributed by atoms with Crippen LogP contribution in [0.5, 0.6) is 0 Å². The standard InChI is InChI=1S/C6H3N2.3CH3.Sn/c7-4-6-2-1-3-8-5-6;;;;/h2-3,5H;3*1H3;. The SMILES string of the molecule is [CH3][Sn]([CH3])([CH3])[c]1cncc(C#N)c1. The zero-order valence-electron chi connectivity index (χ0n) is 7.63. The van der Waals surface area contributed by atoms with Gasteiger partial charge in [-0.1, -0.05) is 0 Å². The zero-order chi connectivity index (χ0) is 9.19. The summed E-state index contributed by atoms with van der Waals surface area (Å²) in [5, 5.41) is 8.66. The van der Waals surface area contributed by atoms with Crippen molar-refractivity contribution in [3.8, 4) is 6.07 Å². The van der Waals surface area contributed by atoms with Crippen LogP contribution in [0.1, 0.15) is 5.56 Å². The van der Waals surface area contributed by atoms with Gasteiger partial charge in [-0.2, -0.15) is 0 Å². The first-order valence-corrected chi connectivity index (χ1v) is 13.9. The molecule has 12 heavy (non-hydrogen) atoms. The first-order chi connectivity index (χ1) is 5.54. The van der Waals surface area contributed by atoms with Crippen molar-refractivity contribution >= 4 is 22.0 Å². The first kappa shape index (κ1) is 9.53. The Hall–Kier alpha value is -0.561. The Morgan fingerprint density at radius 3 is 2.50 bits per heavy atom. The van der Waals surface area contributed by atoms with E-state index < -0.39 is 18.4 Å². The van der Waals surface area contributed by atoms with Gasteiger partial charge < -0.3 is 0 Å². The number of hydrogen-bond donors (Lipinski definition) is 0. The van der Waals surface area contributed by atoms with E-state index in [2.05, 4.69) is 25.9 Å². The van der Waals surface area contributed by atoms with Gasteiger partial charge in [0.25, 0.3) is 0 Å². The molecule has 1 aromatic rings. The van der Waals surface area contributed by atoms with Gasteiger partial charge in [0.2, 0.25) is 0 Å². The normalized spacial score (nSPS) is 10.8. The minimum absolute atomic E-state index is 0.680. The molecule has 0 aliphatic carbocycles. The van der Waals surface area contributed by atoms with Crippen molar-refractivity contribution in [3.05, 3.63) is 24.0 Å². The Kier molecular flexibility index (Phi) is 2.73. The average Bonchev–Trinajstić information content (AvgIpc) is 2.03. The van der Waals surface area contributed by atoms with Crippen molar-refractivity contribution in [2.45, 2.75) is 14.8 Å². The predicted octanol–water partition coefficient (Wildman–Crippen LogP) is 1.50. The average molecular weight is 267 g/mol. The zero-order valence-corrected chi connectivity index (χ0v) is 10.5. The summed E-state index contributed by atoms with van der Waals surface area (Å²) < 4.78 is 1.31. The molecule has 0 N–H and O–H groups in total.